The first-order valence-corrected chi connectivity index (χ1v) is 17.1. The molecular formula is C39H45NO4. The first kappa shape index (κ1) is 28.3. The van der Waals surface area contributed by atoms with Gasteiger partial charge in [0, 0.05) is 16.9 Å². The number of aryl methyl sites for hydroxylation is 1. The van der Waals surface area contributed by atoms with E-state index in [0.29, 0.717) is 36.3 Å². The summed E-state index contributed by atoms with van der Waals surface area (Å²) in [6.45, 7) is 5.01. The normalized spacial score (nSPS) is 41.9. The summed E-state index contributed by atoms with van der Waals surface area (Å²) in [6.07, 6.45) is 28.9. The second kappa shape index (κ2) is 9.91. The molecular weight excluding hydrogens is 546 g/mol. The van der Waals surface area contributed by atoms with Gasteiger partial charge in [-0.25, -0.2) is 4.79 Å². The number of benzene rings is 1. The predicted molar refractivity (Wildman–Crippen MR) is 170 cm³/mol. The fourth-order valence-electron chi connectivity index (χ4n) is 10.9. The molecule has 1 aromatic rings. The van der Waals surface area contributed by atoms with Crippen molar-refractivity contribution in [1.29, 1.82) is 0 Å². The first-order valence-electron chi connectivity index (χ1n) is 17.1. The number of fused-ring (bicyclic) bond motifs is 2. The van der Waals surface area contributed by atoms with Crippen LogP contribution < -0.4 is 5.73 Å². The zero-order valence-corrected chi connectivity index (χ0v) is 26.1. The summed E-state index contributed by atoms with van der Waals surface area (Å²) in [4.78, 5) is 28.4. The summed E-state index contributed by atoms with van der Waals surface area (Å²) in [5.74, 6) is 1.72. The third-order valence-corrected chi connectivity index (χ3v) is 13.0. The highest BCUT2D eigenvalue weighted by Crippen LogP contribution is 2.84. The summed E-state index contributed by atoms with van der Waals surface area (Å²) in [7, 11) is 0. The van der Waals surface area contributed by atoms with E-state index in [0.717, 1.165) is 55.4 Å². The minimum atomic E-state index is -0.938. The van der Waals surface area contributed by atoms with E-state index in [1.807, 2.05) is 6.07 Å². The minimum Gasteiger partial charge on any atom is -0.449 e. The molecule has 0 aromatic heterocycles. The maximum absolute atomic E-state index is 14.4. The number of esters is 2. The first-order chi connectivity index (χ1) is 21.4. The van der Waals surface area contributed by atoms with Crippen LogP contribution in [0.25, 0.3) is 0 Å². The Morgan fingerprint density at radius 3 is 2.75 bits per heavy atom. The second-order valence-electron chi connectivity index (χ2n) is 14.7. The molecule has 0 radical (unpaired) electrons. The Balaban J connectivity index is 1.30. The van der Waals surface area contributed by atoms with Crippen LogP contribution in [0.3, 0.4) is 0 Å². The Bertz CT molecular complexity index is 1570. The molecule has 5 aliphatic carbocycles. The van der Waals surface area contributed by atoms with Gasteiger partial charge in [0.05, 0.1) is 11.0 Å². The van der Waals surface area contributed by atoms with E-state index in [4.69, 9.17) is 15.2 Å². The van der Waals surface area contributed by atoms with Crippen molar-refractivity contribution < 1.29 is 19.1 Å². The summed E-state index contributed by atoms with van der Waals surface area (Å²) < 4.78 is 13.3. The Hall–Kier alpha value is -3.18. The van der Waals surface area contributed by atoms with E-state index in [1.165, 1.54) is 12.8 Å². The molecule has 5 nitrogen and oxygen atoms in total. The van der Waals surface area contributed by atoms with E-state index in [1.54, 1.807) is 0 Å². The Labute approximate surface area is 261 Å². The number of hydrogen-bond acceptors (Lipinski definition) is 5. The zero-order chi connectivity index (χ0) is 30.3. The average molecular weight is 592 g/mol. The Morgan fingerprint density at radius 1 is 1.09 bits per heavy atom. The lowest BCUT2D eigenvalue weighted by Gasteiger charge is -2.69. The molecule has 5 heteroatoms. The number of carbonyl (C=O) groups excluding carboxylic acids is 2. The van der Waals surface area contributed by atoms with Crippen LogP contribution in [0, 0.1) is 45.8 Å². The van der Waals surface area contributed by atoms with Crippen LogP contribution in [0.2, 0.25) is 0 Å². The van der Waals surface area contributed by atoms with E-state index >= 15 is 0 Å². The van der Waals surface area contributed by atoms with Crippen molar-refractivity contribution in [2.24, 2.45) is 51.6 Å². The molecule has 2 aliphatic heterocycles. The molecule has 1 aromatic carbocycles. The Kier molecular flexibility index (Phi) is 6.37. The maximum atomic E-state index is 14.4. The van der Waals surface area contributed by atoms with Gasteiger partial charge in [0.15, 0.2) is 5.60 Å². The molecule has 1 saturated heterocycles. The molecule has 2 N–H and O–H groups in total. The quantitative estimate of drug-likeness (QED) is 0.263. The summed E-state index contributed by atoms with van der Waals surface area (Å²) >= 11 is 0. The fourth-order valence-corrected chi connectivity index (χ4v) is 10.9. The summed E-state index contributed by atoms with van der Waals surface area (Å²) in [5.41, 5.74) is 6.13. The van der Waals surface area contributed by atoms with Crippen LogP contribution in [-0.4, -0.2) is 18.5 Å². The third-order valence-electron chi connectivity index (χ3n) is 13.0. The van der Waals surface area contributed by atoms with E-state index in [-0.39, 0.29) is 29.2 Å². The Morgan fingerprint density at radius 2 is 1.93 bits per heavy atom. The van der Waals surface area contributed by atoms with Crippen molar-refractivity contribution in [3.05, 3.63) is 95.3 Å². The van der Waals surface area contributed by atoms with Crippen LogP contribution in [0.15, 0.2) is 78.6 Å². The average Bonchev–Trinajstić information content (AvgIpc) is 3.65. The molecule has 2 saturated carbocycles. The van der Waals surface area contributed by atoms with E-state index in [2.05, 4.69) is 80.7 Å². The van der Waals surface area contributed by atoms with Crippen molar-refractivity contribution in [1.82, 2.24) is 0 Å². The van der Waals surface area contributed by atoms with Crippen molar-refractivity contribution in [2.75, 3.05) is 6.54 Å². The lowest BCUT2D eigenvalue weighted by Crippen LogP contribution is -2.75. The lowest BCUT2D eigenvalue weighted by molar-refractivity contribution is -0.273. The smallest absolute Gasteiger partial charge is 0.339 e. The number of ether oxygens (including phenoxy) is 2. The van der Waals surface area contributed by atoms with Gasteiger partial charge in [-0.1, -0.05) is 87.1 Å². The van der Waals surface area contributed by atoms with Crippen LogP contribution >= 0.6 is 0 Å². The van der Waals surface area contributed by atoms with Gasteiger partial charge in [0.2, 0.25) is 0 Å². The SMILES string of the molecule is CC[C@H](C)C[C@@H]1[C@]23C=CCC[C@]2(C(=C[C@@H]2C=C[C@H]4CC[C@H]5C=CC=C[C@@]54C2)OC3=O)[C@@]12OC(=O)c1c(CCCN)cccc12. The summed E-state index contributed by atoms with van der Waals surface area (Å²) in [6, 6.07) is 6.21. The van der Waals surface area contributed by atoms with Crippen LogP contribution in [0.1, 0.15) is 86.7 Å². The molecule has 0 amide bonds. The molecule has 44 heavy (non-hydrogen) atoms. The lowest BCUT2D eigenvalue weighted by atomic mass is 9.31. The van der Waals surface area contributed by atoms with Crippen LogP contribution in [0.5, 0.6) is 0 Å². The summed E-state index contributed by atoms with van der Waals surface area (Å²) in [5, 5.41) is 0. The highest BCUT2D eigenvalue weighted by atomic mass is 16.6. The van der Waals surface area contributed by atoms with Crippen molar-refractivity contribution in [2.45, 2.75) is 77.2 Å². The van der Waals surface area contributed by atoms with Gasteiger partial charge in [0.1, 0.15) is 11.2 Å². The van der Waals surface area contributed by atoms with Gasteiger partial charge < -0.3 is 15.2 Å². The maximum Gasteiger partial charge on any atom is 0.339 e. The predicted octanol–water partition coefficient (Wildman–Crippen LogP) is 7.49. The van der Waals surface area contributed by atoms with Gasteiger partial charge in [-0.2, -0.15) is 0 Å². The standard InChI is InChI=1S/C39H45NO4/c1-3-25(2)22-31-37-19-6-7-20-38(37,39(31)30-13-8-10-27(11-9-21-40)33(30)34(41)44-39)32(43-35(37)42)23-26-14-15-29-17-16-28-12-4-5-18-36(28,29)24-26/h4-6,8,10,12-15,18-19,23,25-26,28-29,31H,3,7,9,11,16-17,20-22,24,40H2,1-2H3/t25-,26-,28+,29-,31+,36+,37-,38+,39-/m0/s1. The van der Waals surface area contributed by atoms with E-state index in [9.17, 15) is 9.59 Å². The number of allylic oxidation sites excluding steroid dienone is 8. The van der Waals surface area contributed by atoms with Gasteiger partial charge in [-0.05, 0) is 93.2 Å². The third kappa shape index (κ3) is 3.29. The van der Waals surface area contributed by atoms with Crippen LogP contribution in [-0.2, 0) is 26.3 Å². The van der Waals surface area contributed by atoms with Gasteiger partial charge in [-0.3, -0.25) is 4.79 Å². The molecule has 9 atom stereocenters. The van der Waals surface area contributed by atoms with Gasteiger partial charge in [-0.15, -0.1) is 0 Å². The van der Waals surface area contributed by atoms with Gasteiger partial charge in [0.25, 0.3) is 0 Å². The van der Waals surface area contributed by atoms with Crippen molar-refractivity contribution >= 4 is 11.9 Å². The van der Waals surface area contributed by atoms with Gasteiger partial charge >= 0.3 is 11.9 Å². The topological polar surface area (TPSA) is 78.6 Å². The molecule has 230 valence electrons. The number of nitrogens with two attached hydrogens (primary N) is 1. The van der Waals surface area contributed by atoms with Crippen molar-refractivity contribution in [3.63, 3.8) is 0 Å². The van der Waals surface area contributed by atoms with E-state index < -0.39 is 16.4 Å². The molecule has 3 fully saturated rings. The van der Waals surface area contributed by atoms with Crippen molar-refractivity contribution in [3.8, 4) is 0 Å². The molecule has 7 aliphatic rings. The number of carbonyl (C=O) groups is 2. The minimum absolute atomic E-state index is 0.121. The highest BCUT2D eigenvalue weighted by molar-refractivity contribution is 5.99. The largest absolute Gasteiger partial charge is 0.449 e. The highest BCUT2D eigenvalue weighted by Gasteiger charge is 2.90. The number of cyclic esters (lactones) is 1. The molecule has 0 bridgehead atoms. The molecule has 2 spiro atoms. The van der Waals surface area contributed by atoms with Crippen LogP contribution in [0.4, 0.5) is 0 Å². The molecule has 2 heterocycles. The number of rotatable bonds is 7. The number of hydrogen-bond donors (Lipinski definition) is 1. The zero-order valence-electron chi connectivity index (χ0n) is 26.1. The molecule has 8 rings (SSSR count). The second-order valence-corrected chi connectivity index (χ2v) is 14.7. The fraction of sp³-hybridized carbons (Fsp3) is 0.538. The molecule has 0 unspecified atom stereocenters. The monoisotopic (exact) mass is 591 g/mol.